The number of aliphatic hydroxyl groups is 1. The molecule has 0 rings (SSSR count). The van der Waals surface area contributed by atoms with E-state index >= 15 is 0 Å². The number of hydrogen-bond acceptors (Lipinski definition) is 1. The molecule has 0 aromatic rings. The molecule has 16 heavy (non-hydrogen) atoms. The zero-order valence-corrected chi connectivity index (χ0v) is 9.61. The minimum absolute atomic E-state index is 0.430. The first-order chi connectivity index (χ1) is 7.48. The number of unbranched alkanes of at least 4 members (excludes halogenated alkanes) is 6. The summed E-state index contributed by atoms with van der Waals surface area (Å²) in [6.45, 7) is 2.13. The Bertz CT molecular complexity index is 225. The summed E-state index contributed by atoms with van der Waals surface area (Å²) in [7, 11) is 0. The molecule has 0 aliphatic heterocycles. The van der Waals surface area contributed by atoms with Crippen LogP contribution in [-0.4, -0.2) is 17.4 Å². The first kappa shape index (κ1) is 15.3. The summed E-state index contributed by atoms with van der Waals surface area (Å²) in [6, 6.07) is 0. The van der Waals surface area contributed by atoms with Crippen LogP contribution >= 0.6 is 0 Å². The van der Waals surface area contributed by atoms with Crippen LogP contribution in [0, 0.1) is 11.8 Å². The third-order valence-corrected chi connectivity index (χ3v) is 2.20. The molecule has 0 fully saturated rings. The Kier molecular flexibility index (Phi) is 8.10. The minimum atomic E-state index is -4.62. The molecule has 1 atom stereocenters. The van der Waals surface area contributed by atoms with Gasteiger partial charge < -0.3 is 5.11 Å². The minimum Gasteiger partial charge on any atom is -0.372 e. The predicted molar refractivity (Wildman–Crippen MR) is 57.8 cm³/mol. The first-order valence-corrected chi connectivity index (χ1v) is 5.71. The number of rotatable bonds is 6. The maximum absolute atomic E-state index is 11.8. The van der Waals surface area contributed by atoms with Crippen LogP contribution in [0.2, 0.25) is 0 Å². The van der Waals surface area contributed by atoms with E-state index < -0.39 is 12.3 Å². The Labute approximate surface area is 95.0 Å². The second-order valence-electron chi connectivity index (χ2n) is 3.78. The van der Waals surface area contributed by atoms with E-state index in [0.717, 1.165) is 19.3 Å². The van der Waals surface area contributed by atoms with E-state index in [1.165, 1.54) is 19.3 Å². The lowest BCUT2D eigenvalue weighted by molar-refractivity contribution is -0.184. The number of hydrogen-bond donors (Lipinski definition) is 1. The molecule has 94 valence electrons. The quantitative estimate of drug-likeness (QED) is 0.551. The van der Waals surface area contributed by atoms with Gasteiger partial charge in [0.15, 0.2) is 0 Å². The van der Waals surface area contributed by atoms with Crippen molar-refractivity contribution in [3.63, 3.8) is 0 Å². The summed E-state index contributed by atoms with van der Waals surface area (Å²) in [5, 5.41) is 8.56. The monoisotopic (exact) mass is 236 g/mol. The van der Waals surface area contributed by atoms with E-state index in [1.807, 2.05) is 0 Å². The summed E-state index contributed by atoms with van der Waals surface area (Å²) in [5.41, 5.74) is 0. The maximum atomic E-state index is 11.8. The second kappa shape index (κ2) is 8.46. The average Bonchev–Trinajstić information content (AvgIpc) is 2.20. The van der Waals surface area contributed by atoms with Crippen molar-refractivity contribution >= 4 is 0 Å². The van der Waals surface area contributed by atoms with E-state index in [4.69, 9.17) is 5.11 Å². The molecule has 0 saturated carbocycles. The first-order valence-electron chi connectivity index (χ1n) is 5.71. The van der Waals surface area contributed by atoms with Crippen molar-refractivity contribution in [2.45, 2.75) is 64.1 Å². The van der Waals surface area contributed by atoms with Gasteiger partial charge in [-0.3, -0.25) is 0 Å². The highest BCUT2D eigenvalue weighted by atomic mass is 19.4. The lowest BCUT2D eigenvalue weighted by Crippen LogP contribution is -2.26. The van der Waals surface area contributed by atoms with Crippen LogP contribution < -0.4 is 0 Å². The van der Waals surface area contributed by atoms with Gasteiger partial charge in [0.25, 0.3) is 0 Å². The predicted octanol–water partition coefficient (Wildman–Crippen LogP) is 3.66. The van der Waals surface area contributed by atoms with Gasteiger partial charge in [0.05, 0.1) is 0 Å². The summed E-state index contributed by atoms with van der Waals surface area (Å²) < 4.78 is 35.4. The van der Waals surface area contributed by atoms with Gasteiger partial charge in [-0.05, 0) is 6.42 Å². The molecule has 0 bridgehead atoms. The summed E-state index contributed by atoms with van der Waals surface area (Å²) in [5.74, 6) is 4.17. The fourth-order valence-corrected chi connectivity index (χ4v) is 1.24. The van der Waals surface area contributed by atoms with Gasteiger partial charge in [-0.15, -0.1) is 5.92 Å². The van der Waals surface area contributed by atoms with Crippen molar-refractivity contribution < 1.29 is 18.3 Å². The highest BCUT2D eigenvalue weighted by Crippen LogP contribution is 2.19. The number of halogens is 3. The average molecular weight is 236 g/mol. The molecule has 4 heteroatoms. The Morgan fingerprint density at radius 1 is 1.06 bits per heavy atom. The Morgan fingerprint density at radius 3 is 2.19 bits per heavy atom. The van der Waals surface area contributed by atoms with Crippen LogP contribution in [-0.2, 0) is 0 Å². The number of aliphatic hydroxyl groups excluding tert-OH is 1. The molecule has 0 amide bonds. The molecular formula is C12H19F3O. The molecule has 1 nitrogen and oxygen atoms in total. The number of alkyl halides is 3. The molecule has 0 heterocycles. The molecule has 0 saturated heterocycles. The van der Waals surface area contributed by atoms with E-state index in [2.05, 4.69) is 12.8 Å². The van der Waals surface area contributed by atoms with Crippen molar-refractivity contribution in [2.24, 2.45) is 0 Å². The van der Waals surface area contributed by atoms with Crippen LogP contribution in [0.4, 0.5) is 13.2 Å². The summed E-state index contributed by atoms with van der Waals surface area (Å²) in [4.78, 5) is 0. The molecule has 1 N–H and O–H groups in total. The summed E-state index contributed by atoms with van der Waals surface area (Å²) >= 11 is 0. The smallest absolute Gasteiger partial charge is 0.372 e. The van der Waals surface area contributed by atoms with Crippen molar-refractivity contribution in [1.82, 2.24) is 0 Å². The summed E-state index contributed by atoms with van der Waals surface area (Å²) in [6.07, 6.45) is -0.207. The molecule has 0 aromatic carbocycles. The van der Waals surface area contributed by atoms with E-state index in [0.29, 0.717) is 6.42 Å². The molecule has 1 unspecified atom stereocenters. The van der Waals surface area contributed by atoms with E-state index in [-0.39, 0.29) is 0 Å². The van der Waals surface area contributed by atoms with Crippen LogP contribution in [0.3, 0.4) is 0 Å². The zero-order chi connectivity index (χ0) is 12.4. The fourth-order valence-electron chi connectivity index (χ4n) is 1.24. The Balaban J connectivity index is 3.48. The largest absolute Gasteiger partial charge is 0.425 e. The van der Waals surface area contributed by atoms with Gasteiger partial charge in [-0.2, -0.15) is 13.2 Å². The highest BCUT2D eigenvalue weighted by molar-refractivity contribution is 5.06. The molecular weight excluding hydrogens is 217 g/mol. The molecule has 0 aliphatic carbocycles. The Morgan fingerprint density at radius 2 is 1.62 bits per heavy atom. The molecule has 0 radical (unpaired) electrons. The van der Waals surface area contributed by atoms with Gasteiger partial charge >= 0.3 is 6.18 Å². The SMILES string of the molecule is CCCCCCCCC#CC(O)C(F)(F)F. The van der Waals surface area contributed by atoms with Crippen molar-refractivity contribution in [1.29, 1.82) is 0 Å². The van der Waals surface area contributed by atoms with Crippen LogP contribution in [0.1, 0.15) is 51.9 Å². The van der Waals surface area contributed by atoms with Crippen molar-refractivity contribution in [2.75, 3.05) is 0 Å². The third-order valence-electron chi connectivity index (χ3n) is 2.20. The van der Waals surface area contributed by atoms with Crippen molar-refractivity contribution in [3.8, 4) is 11.8 Å². The van der Waals surface area contributed by atoms with Gasteiger partial charge in [-0.1, -0.05) is 44.9 Å². The van der Waals surface area contributed by atoms with E-state index in [9.17, 15) is 13.2 Å². The van der Waals surface area contributed by atoms with Crippen molar-refractivity contribution in [3.05, 3.63) is 0 Å². The lowest BCUT2D eigenvalue weighted by Gasteiger charge is -2.06. The molecule has 0 spiro atoms. The van der Waals surface area contributed by atoms with Crippen LogP contribution in [0.15, 0.2) is 0 Å². The van der Waals surface area contributed by atoms with Gasteiger partial charge in [0.1, 0.15) is 0 Å². The van der Waals surface area contributed by atoms with Gasteiger partial charge in [0.2, 0.25) is 6.10 Å². The van der Waals surface area contributed by atoms with Gasteiger partial charge in [0, 0.05) is 6.42 Å². The van der Waals surface area contributed by atoms with Crippen LogP contribution in [0.5, 0.6) is 0 Å². The van der Waals surface area contributed by atoms with Gasteiger partial charge in [-0.25, -0.2) is 0 Å². The normalized spacial score (nSPS) is 13.1. The third kappa shape index (κ3) is 8.60. The maximum Gasteiger partial charge on any atom is 0.425 e. The Hall–Kier alpha value is -0.690. The molecule has 0 aromatic heterocycles. The zero-order valence-electron chi connectivity index (χ0n) is 9.61. The van der Waals surface area contributed by atoms with E-state index in [1.54, 1.807) is 5.92 Å². The highest BCUT2D eigenvalue weighted by Gasteiger charge is 2.36. The van der Waals surface area contributed by atoms with Crippen LogP contribution in [0.25, 0.3) is 0 Å². The molecule has 0 aliphatic rings. The topological polar surface area (TPSA) is 20.2 Å². The fraction of sp³-hybridized carbons (Fsp3) is 0.833. The lowest BCUT2D eigenvalue weighted by atomic mass is 10.1. The second-order valence-corrected chi connectivity index (χ2v) is 3.78. The standard InChI is InChI=1S/C12H19F3O/c1-2-3-4-5-6-7-8-9-10-11(16)12(13,14)15/h11,16H,2-8H2,1H3.